The highest BCUT2D eigenvalue weighted by molar-refractivity contribution is 9.10. The lowest BCUT2D eigenvalue weighted by Crippen LogP contribution is -2.45. The minimum Gasteiger partial charge on any atom is -0.314 e. The quantitative estimate of drug-likeness (QED) is 0.752. The fourth-order valence-electron chi connectivity index (χ4n) is 2.63. The van der Waals surface area contributed by atoms with Crippen LogP contribution in [0.15, 0.2) is 22.7 Å². The van der Waals surface area contributed by atoms with Crippen LogP contribution in [0.2, 0.25) is 0 Å². The van der Waals surface area contributed by atoms with E-state index in [-0.39, 0.29) is 18.8 Å². The van der Waals surface area contributed by atoms with Gasteiger partial charge in [-0.25, -0.2) is 4.39 Å². The highest BCUT2D eigenvalue weighted by atomic mass is 79.9. The summed E-state index contributed by atoms with van der Waals surface area (Å²) in [5, 5.41) is 3.15. The maximum atomic E-state index is 14.1. The minimum atomic E-state index is -4.23. The molecule has 1 heterocycles. The van der Waals surface area contributed by atoms with Crippen LogP contribution in [0.1, 0.15) is 24.4 Å². The van der Waals surface area contributed by atoms with Gasteiger partial charge in [0.15, 0.2) is 0 Å². The average Bonchev–Trinajstić information content (AvgIpc) is 2.42. The van der Waals surface area contributed by atoms with Gasteiger partial charge in [0.05, 0.1) is 0 Å². The number of alkyl halides is 3. The summed E-state index contributed by atoms with van der Waals surface area (Å²) < 4.78 is 52.3. The topological polar surface area (TPSA) is 15.3 Å². The number of nitrogens with zero attached hydrogens (tertiary/aromatic N) is 1. The van der Waals surface area contributed by atoms with Crippen LogP contribution in [0.4, 0.5) is 17.6 Å². The van der Waals surface area contributed by atoms with Gasteiger partial charge in [-0.15, -0.1) is 12.4 Å². The zero-order valence-electron chi connectivity index (χ0n) is 11.8. The molecule has 0 spiro atoms. The third-order valence-electron chi connectivity index (χ3n) is 3.63. The van der Waals surface area contributed by atoms with Crippen molar-refractivity contribution in [3.8, 4) is 0 Å². The summed E-state index contributed by atoms with van der Waals surface area (Å²) >= 11 is 3.27. The SMILES string of the molecule is Cl.Fc1cccc(Br)c1[C@@H](CCC(F)(F)F)N1CCNCC1. The highest BCUT2D eigenvalue weighted by Gasteiger charge is 2.33. The van der Waals surface area contributed by atoms with E-state index in [1.165, 1.54) is 6.07 Å². The number of rotatable bonds is 4. The molecule has 22 heavy (non-hydrogen) atoms. The molecule has 1 atom stereocenters. The molecule has 0 saturated carbocycles. The molecule has 1 aliphatic rings. The third kappa shape index (κ3) is 5.37. The van der Waals surface area contributed by atoms with Crippen LogP contribution in [-0.4, -0.2) is 37.3 Å². The van der Waals surface area contributed by atoms with E-state index in [4.69, 9.17) is 0 Å². The molecule has 0 radical (unpaired) electrons. The Morgan fingerprint density at radius 1 is 1.23 bits per heavy atom. The summed E-state index contributed by atoms with van der Waals surface area (Å²) in [6.45, 7) is 2.63. The summed E-state index contributed by atoms with van der Waals surface area (Å²) in [6.07, 6.45) is -5.28. The first-order valence-corrected chi connectivity index (χ1v) is 7.63. The molecule has 1 saturated heterocycles. The van der Waals surface area contributed by atoms with Crippen LogP contribution >= 0.6 is 28.3 Å². The molecule has 0 amide bonds. The van der Waals surface area contributed by atoms with Gasteiger partial charge in [0.1, 0.15) is 5.82 Å². The van der Waals surface area contributed by atoms with Gasteiger partial charge < -0.3 is 5.32 Å². The van der Waals surface area contributed by atoms with E-state index in [2.05, 4.69) is 21.2 Å². The van der Waals surface area contributed by atoms with E-state index in [0.29, 0.717) is 36.2 Å². The van der Waals surface area contributed by atoms with Crippen molar-refractivity contribution in [3.05, 3.63) is 34.1 Å². The highest BCUT2D eigenvalue weighted by Crippen LogP contribution is 2.36. The lowest BCUT2D eigenvalue weighted by molar-refractivity contribution is -0.138. The summed E-state index contributed by atoms with van der Waals surface area (Å²) in [5.74, 6) is -0.463. The fraction of sp³-hybridized carbons (Fsp3) is 0.571. The van der Waals surface area contributed by atoms with E-state index < -0.39 is 24.5 Å². The molecule has 1 aliphatic heterocycles. The zero-order valence-corrected chi connectivity index (χ0v) is 14.2. The van der Waals surface area contributed by atoms with Crippen molar-refractivity contribution in [2.45, 2.75) is 25.1 Å². The van der Waals surface area contributed by atoms with Gasteiger partial charge in [0.2, 0.25) is 0 Å². The smallest absolute Gasteiger partial charge is 0.314 e. The molecule has 2 nitrogen and oxygen atoms in total. The monoisotopic (exact) mass is 404 g/mol. The van der Waals surface area contributed by atoms with Gasteiger partial charge in [0.25, 0.3) is 0 Å². The van der Waals surface area contributed by atoms with Crippen molar-refractivity contribution >= 4 is 28.3 Å². The molecular weight excluding hydrogens is 388 g/mol. The number of hydrogen-bond acceptors (Lipinski definition) is 2. The van der Waals surface area contributed by atoms with E-state index in [1.807, 2.05) is 4.90 Å². The van der Waals surface area contributed by atoms with Crippen molar-refractivity contribution in [2.24, 2.45) is 0 Å². The van der Waals surface area contributed by atoms with Crippen LogP contribution in [-0.2, 0) is 0 Å². The number of piperazine rings is 1. The van der Waals surface area contributed by atoms with Crippen molar-refractivity contribution in [1.29, 1.82) is 0 Å². The third-order valence-corrected chi connectivity index (χ3v) is 4.32. The summed E-state index contributed by atoms with van der Waals surface area (Å²) in [7, 11) is 0. The molecule has 0 aliphatic carbocycles. The standard InChI is InChI=1S/C14H17BrF4N2.ClH/c15-10-2-1-3-11(16)13(10)12(4-5-14(17,18)19)21-8-6-20-7-9-21;/h1-3,12,20H,4-9H2;1H/t12-;/m1./s1. The van der Waals surface area contributed by atoms with Crippen molar-refractivity contribution < 1.29 is 17.6 Å². The van der Waals surface area contributed by atoms with E-state index >= 15 is 0 Å². The lowest BCUT2D eigenvalue weighted by Gasteiger charge is -2.36. The van der Waals surface area contributed by atoms with Gasteiger partial charge in [-0.05, 0) is 18.6 Å². The second kappa shape index (κ2) is 8.47. The molecule has 0 unspecified atom stereocenters. The Morgan fingerprint density at radius 2 is 1.86 bits per heavy atom. The molecule has 1 N–H and O–H groups in total. The molecule has 8 heteroatoms. The molecule has 1 aromatic rings. The molecule has 2 rings (SSSR count). The normalized spacial score (nSPS) is 17.9. The van der Waals surface area contributed by atoms with Crippen LogP contribution in [0, 0.1) is 5.82 Å². The first kappa shape index (κ1) is 19.7. The maximum Gasteiger partial charge on any atom is 0.389 e. The fourth-order valence-corrected chi connectivity index (χ4v) is 3.24. The molecule has 126 valence electrons. The molecule has 1 aromatic carbocycles. The Morgan fingerprint density at radius 3 is 2.41 bits per heavy atom. The Labute approximate surface area is 141 Å². The largest absolute Gasteiger partial charge is 0.389 e. The maximum absolute atomic E-state index is 14.1. The van der Waals surface area contributed by atoms with Crippen molar-refractivity contribution in [3.63, 3.8) is 0 Å². The van der Waals surface area contributed by atoms with Gasteiger partial charge >= 0.3 is 6.18 Å². The van der Waals surface area contributed by atoms with Crippen LogP contribution in [0.3, 0.4) is 0 Å². The molecule has 0 aromatic heterocycles. The zero-order chi connectivity index (χ0) is 15.5. The number of benzene rings is 1. The van der Waals surface area contributed by atoms with Crippen LogP contribution in [0.5, 0.6) is 0 Å². The Hall–Kier alpha value is -0.370. The average molecular weight is 406 g/mol. The Kier molecular flexibility index (Phi) is 7.58. The van der Waals surface area contributed by atoms with Gasteiger partial charge in [-0.1, -0.05) is 22.0 Å². The van der Waals surface area contributed by atoms with Crippen LogP contribution < -0.4 is 5.32 Å². The first-order valence-electron chi connectivity index (χ1n) is 6.84. The van der Waals surface area contributed by atoms with Gasteiger partial charge in [-0.3, -0.25) is 4.90 Å². The van der Waals surface area contributed by atoms with Crippen molar-refractivity contribution in [2.75, 3.05) is 26.2 Å². The van der Waals surface area contributed by atoms with E-state index in [0.717, 1.165) is 0 Å². The molecule has 0 bridgehead atoms. The van der Waals surface area contributed by atoms with Crippen molar-refractivity contribution in [1.82, 2.24) is 10.2 Å². The Bertz CT molecular complexity index is 458. The minimum absolute atomic E-state index is 0. The summed E-state index contributed by atoms with van der Waals surface area (Å²) in [4.78, 5) is 1.92. The molecule has 1 fully saturated rings. The van der Waals surface area contributed by atoms with Crippen LogP contribution in [0.25, 0.3) is 0 Å². The predicted molar refractivity (Wildman–Crippen MR) is 83.8 cm³/mol. The second-order valence-corrected chi connectivity index (χ2v) is 5.95. The Balaban J connectivity index is 0.00000242. The number of halogens is 6. The number of hydrogen-bond donors (Lipinski definition) is 1. The van der Waals surface area contributed by atoms with E-state index in [1.54, 1.807) is 12.1 Å². The first-order chi connectivity index (χ1) is 9.88. The summed E-state index contributed by atoms with van der Waals surface area (Å²) in [5.41, 5.74) is 0.323. The number of nitrogens with one attached hydrogen (secondary N) is 1. The lowest BCUT2D eigenvalue weighted by atomic mass is 9.98. The van der Waals surface area contributed by atoms with Gasteiger partial charge in [0, 0.05) is 48.7 Å². The van der Waals surface area contributed by atoms with Gasteiger partial charge in [-0.2, -0.15) is 13.2 Å². The van der Waals surface area contributed by atoms with E-state index in [9.17, 15) is 17.6 Å². The molecular formula is C14H18BrClF4N2. The summed E-state index contributed by atoms with van der Waals surface area (Å²) in [6, 6.07) is 3.94. The predicted octanol–water partition coefficient (Wildman–Crippen LogP) is 4.30. The second-order valence-electron chi connectivity index (χ2n) is 5.09.